The van der Waals surface area contributed by atoms with Crippen LogP contribution < -0.4 is 0 Å². The monoisotopic (exact) mass is 268 g/mol. The van der Waals surface area contributed by atoms with E-state index in [1.165, 1.54) is 0 Å². The first-order valence-corrected chi connectivity index (χ1v) is 6.07. The summed E-state index contributed by atoms with van der Waals surface area (Å²) in [5.74, 6) is -1.50. The van der Waals surface area contributed by atoms with Gasteiger partial charge in [0.2, 0.25) is 0 Å². The fourth-order valence-electron chi connectivity index (χ4n) is 1.20. The summed E-state index contributed by atoms with van der Waals surface area (Å²) >= 11 is 0. The molecule has 17 heavy (non-hydrogen) atoms. The first-order chi connectivity index (χ1) is 7.53. The molecule has 0 saturated heterocycles. The molecule has 0 unspecified atom stereocenters. The third kappa shape index (κ3) is 2.96. The molecule has 0 aromatic heterocycles. The van der Waals surface area contributed by atoms with Crippen LogP contribution in [0.1, 0.15) is 15.9 Å². The van der Waals surface area contributed by atoms with Crippen LogP contribution in [0.25, 0.3) is 0 Å². The zero-order valence-electron chi connectivity index (χ0n) is 8.45. The number of carboxylic acid groups (broad SMARTS) is 1. The van der Waals surface area contributed by atoms with Crippen molar-refractivity contribution in [1.29, 1.82) is 0 Å². The van der Waals surface area contributed by atoms with Crippen LogP contribution in [0.4, 0.5) is 13.2 Å². The minimum atomic E-state index is -4.85. The standard InChI is InChI=1S/C9H7F3O4S/c1-17(15,16)7-4-5(8(13)14)2-3-6(7)9(10,11)12/h2-4H,1H3,(H,13,14). The van der Waals surface area contributed by atoms with Gasteiger partial charge in [0.25, 0.3) is 0 Å². The second kappa shape index (κ2) is 4.02. The average molecular weight is 268 g/mol. The van der Waals surface area contributed by atoms with Gasteiger partial charge in [0, 0.05) is 6.26 Å². The lowest BCUT2D eigenvalue weighted by molar-refractivity contribution is -0.139. The molecule has 0 amide bonds. The molecule has 0 radical (unpaired) electrons. The highest BCUT2D eigenvalue weighted by atomic mass is 32.2. The molecule has 8 heteroatoms. The minimum absolute atomic E-state index is 0.444. The Morgan fingerprint density at radius 1 is 1.29 bits per heavy atom. The Hall–Kier alpha value is -1.57. The molecule has 0 aliphatic rings. The normalized spacial score (nSPS) is 12.5. The minimum Gasteiger partial charge on any atom is -0.478 e. The number of sulfone groups is 1. The van der Waals surface area contributed by atoms with Gasteiger partial charge in [0.05, 0.1) is 16.0 Å². The van der Waals surface area contributed by atoms with Gasteiger partial charge >= 0.3 is 12.1 Å². The molecule has 4 nitrogen and oxygen atoms in total. The summed E-state index contributed by atoms with van der Waals surface area (Å²) in [5, 5.41) is 8.59. The molecule has 0 fully saturated rings. The lowest BCUT2D eigenvalue weighted by Gasteiger charge is -2.11. The summed E-state index contributed by atoms with van der Waals surface area (Å²) in [7, 11) is -4.16. The smallest absolute Gasteiger partial charge is 0.417 e. The second-order valence-corrected chi connectivity index (χ2v) is 5.27. The van der Waals surface area contributed by atoms with Crippen molar-refractivity contribution >= 4 is 15.8 Å². The number of hydrogen-bond acceptors (Lipinski definition) is 3. The number of hydrogen-bond donors (Lipinski definition) is 1. The zero-order chi connectivity index (χ0) is 13.4. The van der Waals surface area contributed by atoms with E-state index in [4.69, 9.17) is 5.11 Å². The lowest BCUT2D eigenvalue weighted by atomic mass is 10.1. The third-order valence-electron chi connectivity index (χ3n) is 1.93. The Balaban J connectivity index is 3.60. The summed E-state index contributed by atoms with van der Waals surface area (Å²) in [6.45, 7) is 0. The predicted molar refractivity (Wildman–Crippen MR) is 51.5 cm³/mol. The molecule has 1 N–H and O–H groups in total. The van der Waals surface area contributed by atoms with Crippen molar-refractivity contribution in [3.05, 3.63) is 29.3 Å². The molecule has 0 spiro atoms. The predicted octanol–water partition coefficient (Wildman–Crippen LogP) is 1.81. The van der Waals surface area contributed by atoms with E-state index in [0.717, 1.165) is 0 Å². The van der Waals surface area contributed by atoms with Gasteiger partial charge in [-0.15, -0.1) is 0 Å². The molecule has 1 aromatic carbocycles. The van der Waals surface area contributed by atoms with E-state index in [-0.39, 0.29) is 0 Å². The van der Waals surface area contributed by atoms with Crippen molar-refractivity contribution in [3.63, 3.8) is 0 Å². The van der Waals surface area contributed by atoms with Crippen LogP contribution in [-0.4, -0.2) is 25.7 Å². The second-order valence-electron chi connectivity index (χ2n) is 3.29. The Labute approximate surface area is 94.6 Å². The molecular weight excluding hydrogens is 261 g/mol. The highest BCUT2D eigenvalue weighted by molar-refractivity contribution is 7.90. The summed E-state index contributed by atoms with van der Waals surface area (Å²) in [5.41, 5.74) is -1.89. The quantitative estimate of drug-likeness (QED) is 0.887. The van der Waals surface area contributed by atoms with Gasteiger partial charge < -0.3 is 5.11 Å². The van der Waals surface area contributed by atoms with E-state index >= 15 is 0 Å². The summed E-state index contributed by atoms with van der Waals surface area (Å²) in [6, 6.07) is 1.65. The van der Waals surface area contributed by atoms with E-state index in [2.05, 4.69) is 0 Å². The Bertz CT molecular complexity index is 560. The molecule has 1 aromatic rings. The number of alkyl halides is 3. The number of benzene rings is 1. The molecule has 94 valence electrons. The van der Waals surface area contributed by atoms with Crippen LogP contribution in [0.3, 0.4) is 0 Å². The van der Waals surface area contributed by atoms with Gasteiger partial charge in [0.15, 0.2) is 9.84 Å². The topological polar surface area (TPSA) is 71.4 Å². The van der Waals surface area contributed by atoms with Gasteiger partial charge in [-0.1, -0.05) is 0 Å². The SMILES string of the molecule is CS(=O)(=O)c1cc(C(=O)O)ccc1C(F)(F)F. The van der Waals surface area contributed by atoms with Crippen molar-refractivity contribution in [1.82, 2.24) is 0 Å². The first-order valence-electron chi connectivity index (χ1n) is 4.18. The largest absolute Gasteiger partial charge is 0.478 e. The van der Waals surface area contributed by atoms with Crippen LogP contribution >= 0.6 is 0 Å². The highest BCUT2D eigenvalue weighted by Gasteiger charge is 2.36. The van der Waals surface area contributed by atoms with Crippen molar-refractivity contribution < 1.29 is 31.5 Å². The first kappa shape index (κ1) is 13.5. The van der Waals surface area contributed by atoms with E-state index in [0.29, 0.717) is 24.5 Å². The highest BCUT2D eigenvalue weighted by Crippen LogP contribution is 2.34. The maximum Gasteiger partial charge on any atom is 0.417 e. The van der Waals surface area contributed by atoms with E-state index < -0.39 is 38.0 Å². The Morgan fingerprint density at radius 2 is 1.82 bits per heavy atom. The maximum atomic E-state index is 12.5. The van der Waals surface area contributed by atoms with E-state index in [1.54, 1.807) is 0 Å². The molecule has 1 rings (SSSR count). The van der Waals surface area contributed by atoms with Crippen molar-refractivity contribution in [2.45, 2.75) is 11.1 Å². The molecule has 0 aliphatic carbocycles. The van der Waals surface area contributed by atoms with Gasteiger partial charge in [-0.05, 0) is 18.2 Å². The average Bonchev–Trinajstić information content (AvgIpc) is 2.14. The Kier molecular flexibility index (Phi) is 3.19. The van der Waals surface area contributed by atoms with Crippen LogP contribution in [0.2, 0.25) is 0 Å². The van der Waals surface area contributed by atoms with Crippen molar-refractivity contribution in [3.8, 4) is 0 Å². The van der Waals surface area contributed by atoms with Crippen molar-refractivity contribution in [2.24, 2.45) is 0 Å². The molecule has 0 bridgehead atoms. The molecular formula is C9H7F3O4S. The molecule has 0 atom stereocenters. The van der Waals surface area contributed by atoms with Crippen LogP contribution in [0, 0.1) is 0 Å². The summed E-state index contributed by atoms with van der Waals surface area (Å²) in [4.78, 5) is 9.53. The van der Waals surface area contributed by atoms with Gasteiger partial charge in [0.1, 0.15) is 0 Å². The van der Waals surface area contributed by atoms with Gasteiger partial charge in [-0.3, -0.25) is 0 Å². The van der Waals surface area contributed by atoms with Crippen LogP contribution in [-0.2, 0) is 16.0 Å². The fraction of sp³-hybridized carbons (Fsp3) is 0.222. The fourth-order valence-corrected chi connectivity index (χ4v) is 2.12. The van der Waals surface area contributed by atoms with Crippen molar-refractivity contribution in [2.75, 3.05) is 6.26 Å². The number of carbonyl (C=O) groups is 1. The number of aromatic carboxylic acids is 1. The van der Waals surface area contributed by atoms with Crippen LogP contribution in [0.5, 0.6) is 0 Å². The Morgan fingerprint density at radius 3 is 2.18 bits per heavy atom. The molecule has 0 saturated carbocycles. The van der Waals surface area contributed by atoms with Gasteiger partial charge in [-0.2, -0.15) is 13.2 Å². The maximum absolute atomic E-state index is 12.5. The van der Waals surface area contributed by atoms with E-state index in [1.807, 2.05) is 0 Å². The summed E-state index contributed by atoms with van der Waals surface area (Å²) in [6.07, 6.45) is -4.27. The number of rotatable bonds is 2. The zero-order valence-corrected chi connectivity index (χ0v) is 9.26. The van der Waals surface area contributed by atoms with E-state index in [9.17, 15) is 26.4 Å². The summed E-state index contributed by atoms with van der Waals surface area (Å²) < 4.78 is 59.9. The lowest BCUT2D eigenvalue weighted by Crippen LogP contribution is -2.13. The van der Waals surface area contributed by atoms with Crippen LogP contribution in [0.15, 0.2) is 23.1 Å². The molecule has 0 aliphatic heterocycles. The molecule has 0 heterocycles. The number of halogens is 3. The number of carboxylic acids is 1. The van der Waals surface area contributed by atoms with Gasteiger partial charge in [-0.25, -0.2) is 13.2 Å². The third-order valence-corrected chi connectivity index (χ3v) is 3.07.